The first-order chi connectivity index (χ1) is 9.65. The maximum Gasteiger partial charge on any atom is 0.207 e. The zero-order valence-electron chi connectivity index (χ0n) is 10.7. The number of nitrogens with one attached hydrogen (secondary N) is 1. The molecular weight excluding hydrogens is 317 g/mol. The number of benzene rings is 1. The highest BCUT2D eigenvalue weighted by atomic mass is 35.5. The Balaban J connectivity index is 1.88. The van der Waals surface area contributed by atoms with Gasteiger partial charge in [-0.1, -0.05) is 47.6 Å². The lowest BCUT2D eigenvalue weighted by atomic mass is 10.2. The van der Waals surface area contributed by atoms with Crippen molar-refractivity contribution in [2.75, 3.05) is 5.32 Å². The van der Waals surface area contributed by atoms with E-state index in [0.29, 0.717) is 26.8 Å². The smallest absolute Gasteiger partial charge is 0.207 e. The summed E-state index contributed by atoms with van der Waals surface area (Å²) in [5.74, 6) is 0.789. The summed E-state index contributed by atoms with van der Waals surface area (Å²) < 4.78 is 2.17. The molecule has 1 N–H and O–H groups in total. The molecule has 1 fully saturated rings. The molecule has 20 heavy (non-hydrogen) atoms. The largest absolute Gasteiger partial charge is 0.324 e. The molecule has 0 spiro atoms. The van der Waals surface area contributed by atoms with Gasteiger partial charge in [0.2, 0.25) is 5.95 Å². The summed E-state index contributed by atoms with van der Waals surface area (Å²) in [6, 6.07) is 3.87. The number of imidazole rings is 1. The maximum absolute atomic E-state index is 6.19. The molecule has 106 valence electrons. The first kappa shape index (κ1) is 14.1. The minimum Gasteiger partial charge on any atom is -0.324 e. The normalized spacial score (nSPS) is 15.8. The molecule has 1 aromatic heterocycles. The SMILES string of the molecule is Clc1cc(Cl)c(Nc2nccn2C2CCCC2)cc1Cl. The van der Waals surface area contributed by atoms with Gasteiger partial charge in [-0.05, 0) is 25.0 Å². The number of hydrogen-bond donors (Lipinski definition) is 1. The summed E-state index contributed by atoms with van der Waals surface area (Å²) in [6.07, 6.45) is 8.74. The molecule has 3 rings (SSSR count). The van der Waals surface area contributed by atoms with Crippen molar-refractivity contribution in [2.45, 2.75) is 31.7 Å². The van der Waals surface area contributed by atoms with Crippen molar-refractivity contribution >= 4 is 46.4 Å². The van der Waals surface area contributed by atoms with Crippen LogP contribution in [0.1, 0.15) is 31.7 Å². The van der Waals surface area contributed by atoms with Crippen LogP contribution >= 0.6 is 34.8 Å². The Bertz CT molecular complexity index is 618. The number of nitrogens with zero attached hydrogens (tertiary/aromatic N) is 2. The molecule has 1 aliphatic carbocycles. The third-order valence-electron chi connectivity index (χ3n) is 3.64. The standard InChI is InChI=1S/C14H14Cl3N3/c15-10-7-12(17)13(8-11(10)16)19-14-18-5-6-20(14)9-3-1-2-4-9/h5-9H,1-4H2,(H,18,19). The van der Waals surface area contributed by atoms with Gasteiger partial charge in [-0.3, -0.25) is 0 Å². The fourth-order valence-electron chi connectivity index (χ4n) is 2.63. The number of hydrogen-bond acceptors (Lipinski definition) is 2. The molecule has 0 unspecified atom stereocenters. The van der Waals surface area contributed by atoms with Crippen LogP contribution in [0.15, 0.2) is 24.5 Å². The van der Waals surface area contributed by atoms with Crippen LogP contribution in [0.25, 0.3) is 0 Å². The number of rotatable bonds is 3. The van der Waals surface area contributed by atoms with Crippen LogP contribution in [0.4, 0.5) is 11.6 Å². The van der Waals surface area contributed by atoms with Gasteiger partial charge in [-0.25, -0.2) is 4.98 Å². The zero-order valence-corrected chi connectivity index (χ0v) is 13.0. The van der Waals surface area contributed by atoms with Gasteiger partial charge in [0, 0.05) is 18.4 Å². The summed E-state index contributed by atoms with van der Waals surface area (Å²) >= 11 is 18.2. The molecule has 0 amide bonds. The van der Waals surface area contributed by atoms with Gasteiger partial charge >= 0.3 is 0 Å². The quantitative estimate of drug-likeness (QED) is 0.731. The molecule has 3 nitrogen and oxygen atoms in total. The van der Waals surface area contributed by atoms with Crippen LogP contribution in [0, 0.1) is 0 Å². The van der Waals surface area contributed by atoms with E-state index in [9.17, 15) is 0 Å². The average molecular weight is 331 g/mol. The van der Waals surface area contributed by atoms with Crippen LogP contribution in [-0.4, -0.2) is 9.55 Å². The fourth-order valence-corrected chi connectivity index (χ4v) is 3.22. The number of anilines is 2. The van der Waals surface area contributed by atoms with Crippen LogP contribution < -0.4 is 5.32 Å². The van der Waals surface area contributed by atoms with Gasteiger partial charge in [0.1, 0.15) is 0 Å². The van der Waals surface area contributed by atoms with E-state index in [-0.39, 0.29) is 0 Å². The van der Waals surface area contributed by atoms with E-state index in [2.05, 4.69) is 14.9 Å². The summed E-state index contributed by atoms with van der Waals surface area (Å²) in [4.78, 5) is 4.37. The van der Waals surface area contributed by atoms with Crippen molar-refractivity contribution in [3.8, 4) is 0 Å². The monoisotopic (exact) mass is 329 g/mol. The highest BCUT2D eigenvalue weighted by molar-refractivity contribution is 6.44. The van der Waals surface area contributed by atoms with E-state index < -0.39 is 0 Å². The Morgan fingerprint density at radius 3 is 2.50 bits per heavy atom. The van der Waals surface area contributed by atoms with Crippen molar-refractivity contribution in [3.63, 3.8) is 0 Å². The van der Waals surface area contributed by atoms with Crippen LogP contribution in [0.2, 0.25) is 15.1 Å². The minimum absolute atomic E-state index is 0.446. The predicted octanol–water partition coefficient (Wildman–Crippen LogP) is 5.70. The van der Waals surface area contributed by atoms with E-state index in [1.165, 1.54) is 25.7 Å². The molecule has 1 saturated carbocycles. The van der Waals surface area contributed by atoms with Gasteiger partial charge in [0.25, 0.3) is 0 Å². The molecule has 1 aromatic carbocycles. The van der Waals surface area contributed by atoms with Gasteiger partial charge in [0.05, 0.1) is 20.8 Å². The Labute approximate surface area is 132 Å². The maximum atomic E-state index is 6.19. The highest BCUT2D eigenvalue weighted by Gasteiger charge is 2.19. The van der Waals surface area contributed by atoms with E-state index in [0.717, 1.165) is 5.95 Å². The molecular formula is C14H14Cl3N3. The Morgan fingerprint density at radius 2 is 1.75 bits per heavy atom. The van der Waals surface area contributed by atoms with E-state index >= 15 is 0 Å². The Hall–Kier alpha value is -0.900. The van der Waals surface area contributed by atoms with Gasteiger partial charge in [0.15, 0.2) is 0 Å². The third-order valence-corrected chi connectivity index (χ3v) is 4.68. The Morgan fingerprint density at radius 1 is 1.05 bits per heavy atom. The molecule has 0 aliphatic heterocycles. The summed E-state index contributed by atoms with van der Waals surface area (Å²) in [5.41, 5.74) is 0.714. The van der Waals surface area contributed by atoms with E-state index in [1.807, 2.05) is 6.20 Å². The zero-order chi connectivity index (χ0) is 14.1. The minimum atomic E-state index is 0.446. The summed E-state index contributed by atoms with van der Waals surface area (Å²) in [7, 11) is 0. The second-order valence-corrected chi connectivity index (χ2v) is 6.19. The topological polar surface area (TPSA) is 29.9 Å². The summed E-state index contributed by atoms with van der Waals surface area (Å²) in [6.45, 7) is 0. The molecule has 0 radical (unpaired) electrons. The molecule has 1 aliphatic rings. The first-order valence-corrected chi connectivity index (χ1v) is 7.73. The Kier molecular flexibility index (Phi) is 4.11. The number of aromatic nitrogens is 2. The lowest BCUT2D eigenvalue weighted by molar-refractivity contribution is 0.525. The lowest BCUT2D eigenvalue weighted by Crippen LogP contribution is -2.08. The van der Waals surface area contributed by atoms with Gasteiger partial charge < -0.3 is 9.88 Å². The molecule has 2 aromatic rings. The van der Waals surface area contributed by atoms with Crippen molar-refractivity contribution in [2.24, 2.45) is 0 Å². The van der Waals surface area contributed by atoms with Crippen LogP contribution in [-0.2, 0) is 0 Å². The molecule has 0 atom stereocenters. The van der Waals surface area contributed by atoms with E-state index in [1.54, 1.807) is 18.3 Å². The second-order valence-electron chi connectivity index (χ2n) is 4.97. The number of halogens is 3. The average Bonchev–Trinajstić information content (AvgIpc) is 3.06. The third kappa shape index (κ3) is 2.76. The second kappa shape index (κ2) is 5.84. The van der Waals surface area contributed by atoms with Crippen molar-refractivity contribution in [3.05, 3.63) is 39.6 Å². The van der Waals surface area contributed by atoms with Gasteiger partial charge in [-0.15, -0.1) is 0 Å². The van der Waals surface area contributed by atoms with Crippen molar-refractivity contribution < 1.29 is 0 Å². The summed E-state index contributed by atoms with van der Waals surface area (Å²) in [5, 5.41) is 4.69. The molecule has 6 heteroatoms. The predicted molar refractivity (Wildman–Crippen MR) is 84.5 cm³/mol. The first-order valence-electron chi connectivity index (χ1n) is 6.59. The molecule has 0 bridgehead atoms. The van der Waals surface area contributed by atoms with E-state index in [4.69, 9.17) is 34.8 Å². The highest BCUT2D eigenvalue weighted by Crippen LogP contribution is 2.36. The molecule has 0 saturated heterocycles. The van der Waals surface area contributed by atoms with Crippen molar-refractivity contribution in [1.29, 1.82) is 0 Å². The molecule has 1 heterocycles. The van der Waals surface area contributed by atoms with Crippen LogP contribution in [0.3, 0.4) is 0 Å². The fraction of sp³-hybridized carbons (Fsp3) is 0.357. The van der Waals surface area contributed by atoms with Gasteiger partial charge in [-0.2, -0.15) is 0 Å². The van der Waals surface area contributed by atoms with Crippen LogP contribution in [0.5, 0.6) is 0 Å². The lowest BCUT2D eigenvalue weighted by Gasteiger charge is -2.16. The van der Waals surface area contributed by atoms with Crippen molar-refractivity contribution in [1.82, 2.24) is 9.55 Å².